The van der Waals surface area contributed by atoms with E-state index in [2.05, 4.69) is 4.98 Å². The van der Waals surface area contributed by atoms with Crippen molar-refractivity contribution in [3.05, 3.63) is 60.2 Å². The average molecular weight is 359 g/mol. The van der Waals surface area contributed by atoms with Gasteiger partial charge in [-0.25, -0.2) is 4.98 Å². The predicted molar refractivity (Wildman–Crippen MR) is 92.7 cm³/mol. The Morgan fingerprint density at radius 3 is 2.42 bits per heavy atom. The molecule has 3 aromatic rings. The maximum Gasteiger partial charge on any atom is 0.416 e. The molecule has 134 valence electrons. The highest BCUT2D eigenvalue weighted by Crippen LogP contribution is 2.32. The maximum absolute atomic E-state index is 12.7. The van der Waals surface area contributed by atoms with Crippen LogP contribution in [0.3, 0.4) is 0 Å². The number of rotatable bonds is 4. The van der Waals surface area contributed by atoms with Crippen LogP contribution in [0.1, 0.15) is 25.3 Å². The predicted octanol–water partition coefficient (Wildman–Crippen LogP) is 5.63. The quantitative estimate of drug-likeness (QED) is 0.448. The fraction of sp³-hybridized carbons (Fsp3) is 0.200. The van der Waals surface area contributed by atoms with E-state index in [0.29, 0.717) is 35.4 Å². The fourth-order valence-electron chi connectivity index (χ4n) is 2.57. The molecule has 0 bridgehead atoms. The monoisotopic (exact) mass is 359 g/mol. The van der Waals surface area contributed by atoms with E-state index in [1.54, 1.807) is 24.3 Å². The number of nitrogens with zero attached hydrogens (tertiary/aromatic N) is 1. The number of aromatic nitrogens is 1. The van der Waals surface area contributed by atoms with Gasteiger partial charge in [-0.1, -0.05) is 37.3 Å². The van der Waals surface area contributed by atoms with E-state index in [1.807, 2.05) is 13.0 Å². The molecule has 0 radical (unpaired) electrons. The van der Waals surface area contributed by atoms with Crippen LogP contribution in [0.4, 0.5) is 13.2 Å². The second-order valence-corrected chi connectivity index (χ2v) is 5.82. The zero-order chi connectivity index (χ0) is 18.7. The third-order valence-corrected chi connectivity index (χ3v) is 3.87. The molecule has 0 fully saturated rings. The summed E-state index contributed by atoms with van der Waals surface area (Å²) in [6.45, 7) is 1.88. The summed E-state index contributed by atoms with van der Waals surface area (Å²) >= 11 is 0. The van der Waals surface area contributed by atoms with Gasteiger partial charge in [-0.05, 0) is 30.7 Å². The number of halogens is 3. The van der Waals surface area contributed by atoms with Crippen LogP contribution in [0.15, 0.2) is 54.6 Å². The van der Waals surface area contributed by atoms with Crippen LogP contribution in [0.5, 0.6) is 5.75 Å². The minimum Gasteiger partial charge on any atom is -0.424 e. The number of benzene rings is 2. The van der Waals surface area contributed by atoms with Gasteiger partial charge in [0.05, 0.1) is 11.3 Å². The van der Waals surface area contributed by atoms with Gasteiger partial charge in [0.15, 0.2) is 5.75 Å². The first-order valence-electron chi connectivity index (χ1n) is 8.16. The minimum atomic E-state index is -4.38. The highest BCUT2D eigenvalue weighted by atomic mass is 19.4. The summed E-state index contributed by atoms with van der Waals surface area (Å²) in [5.41, 5.74) is 0.838. The molecule has 0 aliphatic carbocycles. The van der Waals surface area contributed by atoms with Gasteiger partial charge in [0.1, 0.15) is 5.52 Å². The molecule has 0 saturated heterocycles. The van der Waals surface area contributed by atoms with Crippen molar-refractivity contribution in [2.75, 3.05) is 0 Å². The first-order chi connectivity index (χ1) is 12.4. The number of ether oxygens (including phenoxy) is 1. The molecule has 0 aliphatic heterocycles. The summed E-state index contributed by atoms with van der Waals surface area (Å²) in [7, 11) is 0. The van der Waals surface area contributed by atoms with E-state index in [0.717, 1.165) is 17.5 Å². The number of esters is 1. The number of fused-ring (bicyclic) bond motifs is 1. The SMILES string of the molecule is CCCC(=O)Oc1cccc2ccc(-c3ccc(C(F)(F)F)cc3)nc12. The Labute approximate surface area is 148 Å². The Morgan fingerprint density at radius 1 is 1.04 bits per heavy atom. The number of carbonyl (C=O) groups excluding carboxylic acids is 1. The molecule has 6 heteroatoms. The van der Waals surface area contributed by atoms with Gasteiger partial charge in [0.25, 0.3) is 0 Å². The summed E-state index contributed by atoms with van der Waals surface area (Å²) in [6.07, 6.45) is -3.40. The second kappa shape index (κ2) is 7.15. The van der Waals surface area contributed by atoms with Crippen LogP contribution in [-0.2, 0) is 11.0 Å². The molecular weight excluding hydrogens is 343 g/mol. The molecule has 0 saturated carbocycles. The molecule has 0 aliphatic rings. The lowest BCUT2D eigenvalue weighted by Crippen LogP contribution is -2.07. The summed E-state index contributed by atoms with van der Waals surface area (Å²) in [4.78, 5) is 16.3. The average Bonchev–Trinajstić information content (AvgIpc) is 2.61. The van der Waals surface area contributed by atoms with Gasteiger partial charge in [0, 0.05) is 17.4 Å². The van der Waals surface area contributed by atoms with Crippen LogP contribution in [0.2, 0.25) is 0 Å². The second-order valence-electron chi connectivity index (χ2n) is 5.82. The molecule has 26 heavy (non-hydrogen) atoms. The molecule has 3 rings (SSSR count). The highest BCUT2D eigenvalue weighted by molar-refractivity contribution is 5.89. The summed E-state index contributed by atoms with van der Waals surface area (Å²) < 4.78 is 43.5. The zero-order valence-corrected chi connectivity index (χ0v) is 14.0. The molecule has 0 atom stereocenters. The standard InChI is InChI=1S/C20H16F3NO2/c1-2-4-18(25)26-17-6-3-5-14-9-12-16(24-19(14)17)13-7-10-15(11-8-13)20(21,22)23/h3,5-12H,2,4H2,1H3. The summed E-state index contributed by atoms with van der Waals surface area (Å²) in [5, 5.41) is 0.780. The van der Waals surface area contributed by atoms with Crippen molar-refractivity contribution in [2.45, 2.75) is 25.9 Å². The van der Waals surface area contributed by atoms with Crippen molar-refractivity contribution in [1.82, 2.24) is 4.98 Å². The molecular formula is C20H16F3NO2. The van der Waals surface area contributed by atoms with Crippen molar-refractivity contribution in [3.63, 3.8) is 0 Å². The Bertz CT molecular complexity index is 934. The van der Waals surface area contributed by atoms with Gasteiger partial charge in [0.2, 0.25) is 0 Å². The lowest BCUT2D eigenvalue weighted by atomic mass is 10.1. The number of alkyl halides is 3. The lowest BCUT2D eigenvalue weighted by Gasteiger charge is -2.10. The van der Waals surface area contributed by atoms with Crippen LogP contribution in [0.25, 0.3) is 22.2 Å². The van der Waals surface area contributed by atoms with Crippen molar-refractivity contribution in [3.8, 4) is 17.0 Å². The topological polar surface area (TPSA) is 39.2 Å². The van der Waals surface area contributed by atoms with E-state index >= 15 is 0 Å². The van der Waals surface area contributed by atoms with Crippen LogP contribution < -0.4 is 4.74 Å². The molecule has 1 aromatic heterocycles. The number of pyridine rings is 1. The van der Waals surface area contributed by atoms with E-state index in [9.17, 15) is 18.0 Å². The molecule has 0 N–H and O–H groups in total. The zero-order valence-electron chi connectivity index (χ0n) is 14.0. The highest BCUT2D eigenvalue weighted by Gasteiger charge is 2.30. The number of carbonyl (C=O) groups is 1. The lowest BCUT2D eigenvalue weighted by molar-refractivity contribution is -0.137. The first-order valence-corrected chi connectivity index (χ1v) is 8.16. The normalized spacial score (nSPS) is 11.5. The van der Waals surface area contributed by atoms with Gasteiger partial charge in [-0.3, -0.25) is 4.79 Å². The first kappa shape index (κ1) is 17.9. The molecule has 3 nitrogen and oxygen atoms in total. The van der Waals surface area contributed by atoms with E-state index in [4.69, 9.17) is 4.74 Å². The van der Waals surface area contributed by atoms with Crippen LogP contribution >= 0.6 is 0 Å². The Morgan fingerprint density at radius 2 is 1.77 bits per heavy atom. The third-order valence-electron chi connectivity index (χ3n) is 3.87. The van der Waals surface area contributed by atoms with Crippen molar-refractivity contribution >= 4 is 16.9 Å². The van der Waals surface area contributed by atoms with Crippen molar-refractivity contribution < 1.29 is 22.7 Å². The van der Waals surface area contributed by atoms with Crippen molar-refractivity contribution in [1.29, 1.82) is 0 Å². The van der Waals surface area contributed by atoms with E-state index in [-0.39, 0.29) is 5.97 Å². The molecule has 0 spiro atoms. The Kier molecular flexibility index (Phi) is 4.93. The minimum absolute atomic E-state index is 0.301. The van der Waals surface area contributed by atoms with E-state index < -0.39 is 11.7 Å². The number of para-hydroxylation sites is 1. The molecule has 1 heterocycles. The van der Waals surface area contributed by atoms with E-state index in [1.165, 1.54) is 12.1 Å². The van der Waals surface area contributed by atoms with Crippen LogP contribution in [-0.4, -0.2) is 11.0 Å². The van der Waals surface area contributed by atoms with Gasteiger partial charge < -0.3 is 4.74 Å². The fourth-order valence-corrected chi connectivity index (χ4v) is 2.57. The largest absolute Gasteiger partial charge is 0.424 e. The molecule has 0 unspecified atom stereocenters. The third kappa shape index (κ3) is 3.85. The smallest absolute Gasteiger partial charge is 0.416 e. The number of hydrogen-bond donors (Lipinski definition) is 0. The van der Waals surface area contributed by atoms with Crippen LogP contribution in [0, 0.1) is 0 Å². The maximum atomic E-state index is 12.7. The number of hydrogen-bond acceptors (Lipinski definition) is 3. The summed E-state index contributed by atoms with van der Waals surface area (Å²) in [6, 6.07) is 13.6. The Balaban J connectivity index is 1.99. The van der Waals surface area contributed by atoms with Gasteiger partial charge in [-0.15, -0.1) is 0 Å². The van der Waals surface area contributed by atoms with Crippen molar-refractivity contribution in [2.24, 2.45) is 0 Å². The molecule has 2 aromatic carbocycles. The molecule has 0 amide bonds. The van der Waals surface area contributed by atoms with Gasteiger partial charge in [-0.2, -0.15) is 13.2 Å². The Hall–Kier alpha value is -2.89. The van der Waals surface area contributed by atoms with Gasteiger partial charge >= 0.3 is 12.1 Å². The summed E-state index contributed by atoms with van der Waals surface area (Å²) in [5.74, 6) is -0.00329.